The molecule has 3 aromatic rings. The minimum absolute atomic E-state index is 0.185. The third-order valence-corrected chi connectivity index (χ3v) is 2.86. The zero-order chi connectivity index (χ0) is 11.8. The lowest BCUT2D eigenvalue weighted by molar-refractivity contribution is 0.451. The van der Waals surface area contributed by atoms with Crippen LogP contribution in [0.2, 0.25) is 0 Å². The monoisotopic (exact) mass is 225 g/mol. The maximum Gasteiger partial charge on any atom is 0.171 e. The number of phenols is 1. The van der Waals surface area contributed by atoms with Crippen molar-refractivity contribution in [2.75, 3.05) is 0 Å². The van der Waals surface area contributed by atoms with E-state index in [0.717, 1.165) is 22.2 Å². The quantitative estimate of drug-likeness (QED) is 0.689. The fourth-order valence-corrected chi connectivity index (χ4v) is 1.96. The lowest BCUT2D eigenvalue weighted by atomic mass is 10.0. The first-order chi connectivity index (χ1) is 8.25. The summed E-state index contributed by atoms with van der Waals surface area (Å²) < 4.78 is 5.23. The number of aryl methyl sites for hydroxylation is 1. The SMILES string of the molecule is Cc1ccccc1-c1noc2cc(O)ccc12. The number of hydrogen-bond acceptors (Lipinski definition) is 3. The Morgan fingerprint density at radius 1 is 1.12 bits per heavy atom. The second-order valence-corrected chi connectivity index (χ2v) is 4.03. The fraction of sp³-hybridized carbons (Fsp3) is 0.0714. The molecule has 0 saturated carbocycles. The van der Waals surface area contributed by atoms with Crippen LogP contribution in [0.3, 0.4) is 0 Å². The third-order valence-electron chi connectivity index (χ3n) is 2.86. The van der Waals surface area contributed by atoms with Gasteiger partial charge in [0.15, 0.2) is 5.58 Å². The Bertz CT molecular complexity index is 686. The summed E-state index contributed by atoms with van der Waals surface area (Å²) >= 11 is 0. The zero-order valence-corrected chi connectivity index (χ0v) is 9.34. The number of benzene rings is 2. The highest BCUT2D eigenvalue weighted by atomic mass is 16.5. The van der Waals surface area contributed by atoms with Crippen LogP contribution in [0, 0.1) is 6.92 Å². The first kappa shape index (κ1) is 9.90. The Balaban J connectivity index is 2.29. The van der Waals surface area contributed by atoms with E-state index in [9.17, 15) is 5.11 Å². The average Bonchev–Trinajstić information content (AvgIpc) is 2.72. The van der Waals surface area contributed by atoms with E-state index < -0.39 is 0 Å². The molecule has 0 unspecified atom stereocenters. The van der Waals surface area contributed by atoms with Gasteiger partial charge in [0.05, 0.1) is 0 Å². The van der Waals surface area contributed by atoms with E-state index in [1.165, 1.54) is 0 Å². The summed E-state index contributed by atoms with van der Waals surface area (Å²) in [5.74, 6) is 0.185. The summed E-state index contributed by atoms with van der Waals surface area (Å²) in [5, 5.41) is 14.4. The number of nitrogens with zero attached hydrogens (tertiary/aromatic N) is 1. The van der Waals surface area contributed by atoms with Crippen LogP contribution >= 0.6 is 0 Å². The van der Waals surface area contributed by atoms with Crippen molar-refractivity contribution in [2.24, 2.45) is 0 Å². The van der Waals surface area contributed by atoms with Gasteiger partial charge in [-0.1, -0.05) is 29.4 Å². The van der Waals surface area contributed by atoms with Gasteiger partial charge in [0, 0.05) is 17.0 Å². The van der Waals surface area contributed by atoms with Crippen LogP contribution in [0.5, 0.6) is 5.75 Å². The highest BCUT2D eigenvalue weighted by Gasteiger charge is 2.12. The maximum atomic E-state index is 9.38. The topological polar surface area (TPSA) is 46.3 Å². The first-order valence-electron chi connectivity index (χ1n) is 5.40. The van der Waals surface area contributed by atoms with E-state index in [1.54, 1.807) is 12.1 Å². The Hall–Kier alpha value is -2.29. The van der Waals surface area contributed by atoms with Gasteiger partial charge in [0.25, 0.3) is 0 Å². The molecule has 3 nitrogen and oxygen atoms in total. The Morgan fingerprint density at radius 2 is 1.94 bits per heavy atom. The second-order valence-electron chi connectivity index (χ2n) is 4.03. The van der Waals surface area contributed by atoms with Crippen LogP contribution in [-0.4, -0.2) is 10.3 Å². The summed E-state index contributed by atoms with van der Waals surface area (Å²) in [5.41, 5.74) is 3.62. The third kappa shape index (κ3) is 1.56. The predicted octanol–water partition coefficient (Wildman–Crippen LogP) is 3.51. The molecule has 0 atom stereocenters. The number of fused-ring (bicyclic) bond motifs is 1. The van der Waals surface area contributed by atoms with Gasteiger partial charge in [0.1, 0.15) is 11.4 Å². The van der Waals surface area contributed by atoms with Crippen molar-refractivity contribution < 1.29 is 9.63 Å². The summed E-state index contributed by atoms with van der Waals surface area (Å²) in [7, 11) is 0. The van der Waals surface area contributed by atoms with Crippen molar-refractivity contribution in [3.63, 3.8) is 0 Å². The fourth-order valence-electron chi connectivity index (χ4n) is 1.96. The second kappa shape index (κ2) is 3.63. The van der Waals surface area contributed by atoms with Crippen LogP contribution in [-0.2, 0) is 0 Å². The summed E-state index contributed by atoms with van der Waals surface area (Å²) in [6.45, 7) is 2.04. The van der Waals surface area contributed by atoms with Crippen LogP contribution in [0.1, 0.15) is 5.56 Å². The zero-order valence-electron chi connectivity index (χ0n) is 9.34. The molecule has 17 heavy (non-hydrogen) atoms. The number of hydrogen-bond donors (Lipinski definition) is 1. The van der Waals surface area contributed by atoms with E-state index in [4.69, 9.17) is 4.52 Å². The molecule has 0 fully saturated rings. The van der Waals surface area contributed by atoms with E-state index in [1.807, 2.05) is 37.3 Å². The molecule has 0 radical (unpaired) electrons. The van der Waals surface area contributed by atoms with E-state index in [0.29, 0.717) is 5.58 Å². The van der Waals surface area contributed by atoms with Gasteiger partial charge in [-0.2, -0.15) is 0 Å². The molecule has 2 aromatic carbocycles. The molecule has 1 aromatic heterocycles. The van der Waals surface area contributed by atoms with E-state index in [-0.39, 0.29) is 5.75 Å². The van der Waals surface area contributed by atoms with Gasteiger partial charge in [-0.05, 0) is 24.6 Å². The van der Waals surface area contributed by atoms with Crippen LogP contribution in [0.25, 0.3) is 22.2 Å². The molecule has 3 rings (SSSR count). The molecule has 0 aliphatic heterocycles. The van der Waals surface area contributed by atoms with Crippen molar-refractivity contribution >= 4 is 11.0 Å². The van der Waals surface area contributed by atoms with Gasteiger partial charge < -0.3 is 9.63 Å². The van der Waals surface area contributed by atoms with Crippen molar-refractivity contribution in [1.82, 2.24) is 5.16 Å². The summed E-state index contributed by atoms with van der Waals surface area (Å²) in [6, 6.07) is 13.1. The summed E-state index contributed by atoms with van der Waals surface area (Å²) in [4.78, 5) is 0. The molecular formula is C14H11NO2. The first-order valence-corrected chi connectivity index (χ1v) is 5.40. The molecule has 0 aliphatic carbocycles. The predicted molar refractivity (Wildman–Crippen MR) is 65.8 cm³/mol. The molecule has 0 bridgehead atoms. The smallest absolute Gasteiger partial charge is 0.171 e. The Kier molecular flexibility index (Phi) is 2.11. The molecule has 1 heterocycles. The van der Waals surface area contributed by atoms with Crippen LogP contribution in [0.15, 0.2) is 47.0 Å². The molecule has 0 saturated heterocycles. The largest absolute Gasteiger partial charge is 0.508 e. The van der Waals surface area contributed by atoms with Crippen LogP contribution < -0.4 is 0 Å². The number of aromatic nitrogens is 1. The normalized spacial score (nSPS) is 10.9. The molecule has 3 heteroatoms. The molecular weight excluding hydrogens is 214 g/mol. The standard InChI is InChI=1S/C14H11NO2/c1-9-4-2-3-5-11(9)14-12-7-6-10(16)8-13(12)17-15-14/h2-8,16H,1H3. The molecule has 0 spiro atoms. The van der Waals surface area contributed by atoms with Crippen molar-refractivity contribution in [3.8, 4) is 17.0 Å². The lowest BCUT2D eigenvalue weighted by Crippen LogP contribution is -1.82. The van der Waals surface area contributed by atoms with Crippen molar-refractivity contribution in [3.05, 3.63) is 48.0 Å². The molecule has 84 valence electrons. The number of aromatic hydroxyl groups is 1. The maximum absolute atomic E-state index is 9.38. The van der Waals surface area contributed by atoms with Gasteiger partial charge in [-0.15, -0.1) is 0 Å². The molecule has 1 N–H and O–H groups in total. The van der Waals surface area contributed by atoms with E-state index >= 15 is 0 Å². The van der Waals surface area contributed by atoms with Gasteiger partial charge in [0.2, 0.25) is 0 Å². The van der Waals surface area contributed by atoms with Gasteiger partial charge in [-0.3, -0.25) is 0 Å². The van der Waals surface area contributed by atoms with Crippen molar-refractivity contribution in [1.29, 1.82) is 0 Å². The summed E-state index contributed by atoms with van der Waals surface area (Å²) in [6.07, 6.45) is 0. The number of phenolic OH excluding ortho intramolecular Hbond substituents is 1. The minimum Gasteiger partial charge on any atom is -0.508 e. The lowest BCUT2D eigenvalue weighted by Gasteiger charge is -2.01. The highest BCUT2D eigenvalue weighted by Crippen LogP contribution is 2.31. The van der Waals surface area contributed by atoms with Gasteiger partial charge >= 0.3 is 0 Å². The number of rotatable bonds is 1. The van der Waals surface area contributed by atoms with Gasteiger partial charge in [-0.25, -0.2) is 0 Å². The minimum atomic E-state index is 0.185. The Labute approximate surface area is 98.3 Å². The molecule has 0 aliphatic rings. The molecule has 0 amide bonds. The highest BCUT2D eigenvalue weighted by molar-refractivity contribution is 5.92. The van der Waals surface area contributed by atoms with Crippen LogP contribution in [0.4, 0.5) is 0 Å². The van der Waals surface area contributed by atoms with Crippen molar-refractivity contribution in [2.45, 2.75) is 6.92 Å². The average molecular weight is 225 g/mol. The van der Waals surface area contributed by atoms with E-state index in [2.05, 4.69) is 5.16 Å². The Morgan fingerprint density at radius 3 is 2.76 bits per heavy atom.